The number of nitrogens with one attached hydrogen (secondary N) is 1. The quantitative estimate of drug-likeness (QED) is 0.776. The van der Waals surface area contributed by atoms with Gasteiger partial charge in [0.05, 0.1) is 11.6 Å². The van der Waals surface area contributed by atoms with Crippen LogP contribution in [0.15, 0.2) is 53.0 Å². The van der Waals surface area contributed by atoms with Gasteiger partial charge in [-0.2, -0.15) is 0 Å². The molecule has 2 atom stereocenters. The molecule has 1 N–H and O–H groups in total. The Labute approximate surface area is 156 Å². The van der Waals surface area contributed by atoms with Crippen molar-refractivity contribution < 1.29 is 14.3 Å². The van der Waals surface area contributed by atoms with E-state index in [0.29, 0.717) is 13.0 Å². The summed E-state index contributed by atoms with van der Waals surface area (Å²) in [5.41, 5.74) is 2.29. The molecule has 2 aromatic carbocycles. The normalized spacial score (nSPS) is 19.4. The molecule has 0 amide bonds. The zero-order valence-electron chi connectivity index (χ0n) is 13.2. The Kier molecular flexibility index (Phi) is 6.66. The first-order valence-electron chi connectivity index (χ1n) is 7.50. The Morgan fingerprint density at radius 3 is 2.58 bits per heavy atom. The van der Waals surface area contributed by atoms with Crippen LogP contribution in [0, 0.1) is 0 Å². The van der Waals surface area contributed by atoms with Gasteiger partial charge in [0.1, 0.15) is 17.9 Å². The zero-order chi connectivity index (χ0) is 16.2. The van der Waals surface area contributed by atoms with Crippen LogP contribution in [-0.4, -0.2) is 31.8 Å². The molecule has 1 aliphatic rings. The lowest BCUT2D eigenvalue weighted by Crippen LogP contribution is -2.31. The Morgan fingerprint density at radius 1 is 1.17 bits per heavy atom. The Bertz CT molecular complexity index is 696. The van der Waals surface area contributed by atoms with Gasteiger partial charge in [0.2, 0.25) is 0 Å². The minimum absolute atomic E-state index is 0. The summed E-state index contributed by atoms with van der Waals surface area (Å²) < 4.78 is 11.7. The highest BCUT2D eigenvalue weighted by Gasteiger charge is 2.31. The molecule has 1 fully saturated rings. The average molecular weight is 413 g/mol. The van der Waals surface area contributed by atoms with E-state index < -0.39 is 0 Å². The third kappa shape index (κ3) is 4.29. The second-order valence-electron chi connectivity index (χ2n) is 5.47. The molecule has 1 saturated heterocycles. The third-order valence-corrected chi connectivity index (χ3v) is 4.53. The number of rotatable bonds is 4. The van der Waals surface area contributed by atoms with Crippen LogP contribution in [0.5, 0.6) is 5.75 Å². The van der Waals surface area contributed by atoms with Crippen molar-refractivity contribution in [1.29, 1.82) is 0 Å². The number of hydrogen-bond acceptors (Lipinski definition) is 4. The maximum Gasteiger partial charge on any atom is 0.323 e. The first-order valence-corrected chi connectivity index (χ1v) is 8.29. The largest absolute Gasteiger partial charge is 0.488 e. The summed E-state index contributed by atoms with van der Waals surface area (Å²) >= 11 is 3.57. The fraction of sp³-hybridized carbons (Fsp3) is 0.278. The van der Waals surface area contributed by atoms with E-state index in [9.17, 15) is 4.79 Å². The van der Waals surface area contributed by atoms with Crippen LogP contribution >= 0.6 is 28.3 Å². The van der Waals surface area contributed by atoms with Crippen molar-refractivity contribution in [2.75, 3.05) is 13.7 Å². The molecule has 2 aromatic rings. The highest BCUT2D eigenvalue weighted by molar-refractivity contribution is 9.10. The molecule has 0 saturated carbocycles. The number of carbonyl (C=O) groups excluding carboxylic acids is 1. The van der Waals surface area contributed by atoms with Gasteiger partial charge in [0.25, 0.3) is 0 Å². The van der Waals surface area contributed by atoms with Crippen LogP contribution in [0.3, 0.4) is 0 Å². The van der Waals surface area contributed by atoms with E-state index in [2.05, 4.69) is 33.4 Å². The molecule has 0 spiro atoms. The Balaban J connectivity index is 0.00000208. The van der Waals surface area contributed by atoms with Gasteiger partial charge >= 0.3 is 5.97 Å². The number of methoxy groups -OCH3 is 1. The highest BCUT2D eigenvalue weighted by atomic mass is 79.9. The van der Waals surface area contributed by atoms with Crippen LogP contribution in [0.25, 0.3) is 11.1 Å². The second kappa shape index (κ2) is 8.51. The lowest BCUT2D eigenvalue weighted by Gasteiger charge is -2.15. The molecule has 0 aromatic heterocycles. The average Bonchev–Trinajstić information content (AvgIpc) is 3.05. The van der Waals surface area contributed by atoms with E-state index in [-0.39, 0.29) is 30.5 Å². The zero-order valence-corrected chi connectivity index (χ0v) is 15.6. The monoisotopic (exact) mass is 411 g/mol. The van der Waals surface area contributed by atoms with E-state index >= 15 is 0 Å². The third-order valence-electron chi connectivity index (χ3n) is 3.91. The maximum atomic E-state index is 11.5. The van der Waals surface area contributed by atoms with E-state index in [1.165, 1.54) is 7.11 Å². The minimum atomic E-state index is -0.285. The van der Waals surface area contributed by atoms with Gasteiger partial charge < -0.3 is 14.8 Å². The molecule has 0 bridgehead atoms. The van der Waals surface area contributed by atoms with Crippen molar-refractivity contribution in [3.63, 3.8) is 0 Å². The molecule has 24 heavy (non-hydrogen) atoms. The maximum absolute atomic E-state index is 11.5. The minimum Gasteiger partial charge on any atom is -0.488 e. The molecule has 3 rings (SSSR count). The number of esters is 1. The first kappa shape index (κ1) is 18.8. The van der Waals surface area contributed by atoms with E-state index in [1.54, 1.807) is 0 Å². The molecule has 4 nitrogen and oxygen atoms in total. The summed E-state index contributed by atoms with van der Waals surface area (Å²) in [6, 6.07) is 15.9. The molecule has 2 unspecified atom stereocenters. The molecule has 1 aliphatic heterocycles. The van der Waals surface area contributed by atoms with Crippen LogP contribution in [-0.2, 0) is 9.53 Å². The summed E-state index contributed by atoms with van der Waals surface area (Å²) in [6.07, 6.45) is 0.567. The van der Waals surface area contributed by atoms with Crippen molar-refractivity contribution in [2.24, 2.45) is 0 Å². The first-order chi connectivity index (χ1) is 11.2. The predicted molar refractivity (Wildman–Crippen MR) is 99.7 cm³/mol. The summed E-state index contributed by atoms with van der Waals surface area (Å²) in [5, 5.41) is 3.12. The van der Waals surface area contributed by atoms with Crippen LogP contribution in [0.1, 0.15) is 6.42 Å². The fourth-order valence-corrected chi connectivity index (χ4v) is 3.17. The number of carbonyl (C=O) groups is 1. The lowest BCUT2D eigenvalue weighted by atomic mass is 10.1. The van der Waals surface area contributed by atoms with Crippen LogP contribution in [0.2, 0.25) is 0 Å². The van der Waals surface area contributed by atoms with Gasteiger partial charge in [-0.1, -0.05) is 36.4 Å². The highest BCUT2D eigenvalue weighted by Crippen LogP contribution is 2.32. The second-order valence-corrected chi connectivity index (χ2v) is 6.33. The number of benzene rings is 2. The molecular weight excluding hydrogens is 394 g/mol. The number of hydrogen-bond donors (Lipinski definition) is 1. The van der Waals surface area contributed by atoms with Crippen molar-refractivity contribution in [3.8, 4) is 16.9 Å². The molecule has 0 aliphatic carbocycles. The van der Waals surface area contributed by atoms with Crippen molar-refractivity contribution in [2.45, 2.75) is 18.6 Å². The van der Waals surface area contributed by atoms with Crippen LogP contribution in [0.4, 0.5) is 0 Å². The summed E-state index contributed by atoms with van der Waals surface area (Å²) in [5.74, 6) is 0.539. The van der Waals surface area contributed by atoms with Gasteiger partial charge in [-0.05, 0) is 39.2 Å². The van der Waals surface area contributed by atoms with E-state index in [4.69, 9.17) is 9.47 Å². The summed E-state index contributed by atoms with van der Waals surface area (Å²) in [6.45, 7) is 0.632. The standard InChI is InChI=1S/C18H18BrNO3.ClH/c1-22-18(21)16-10-14(11-20-16)23-17-8-7-13(9-15(17)19)12-5-3-2-4-6-12;/h2-9,14,16,20H,10-11H2,1H3;1H. The SMILES string of the molecule is COC(=O)C1CC(Oc2ccc(-c3ccccc3)cc2Br)CN1.Cl. The van der Waals surface area contributed by atoms with Crippen molar-refractivity contribution in [3.05, 3.63) is 53.0 Å². The van der Waals surface area contributed by atoms with Gasteiger partial charge in [-0.25, -0.2) is 0 Å². The molecule has 128 valence electrons. The lowest BCUT2D eigenvalue weighted by molar-refractivity contribution is -0.142. The Hall–Kier alpha value is -1.56. The van der Waals surface area contributed by atoms with E-state index in [1.807, 2.05) is 36.4 Å². The Morgan fingerprint density at radius 2 is 1.92 bits per heavy atom. The van der Waals surface area contributed by atoms with Crippen LogP contribution < -0.4 is 10.1 Å². The molecule has 0 radical (unpaired) electrons. The molecule has 1 heterocycles. The predicted octanol–water partition coefficient (Wildman–Crippen LogP) is 3.82. The van der Waals surface area contributed by atoms with Gasteiger partial charge in [0.15, 0.2) is 0 Å². The van der Waals surface area contributed by atoms with Gasteiger partial charge in [-0.3, -0.25) is 4.79 Å². The molecular formula is C18H19BrClNO3. The topological polar surface area (TPSA) is 47.6 Å². The summed E-state index contributed by atoms with van der Waals surface area (Å²) in [4.78, 5) is 11.5. The van der Waals surface area contributed by atoms with Crippen molar-refractivity contribution in [1.82, 2.24) is 5.32 Å². The fourth-order valence-electron chi connectivity index (χ4n) is 2.70. The number of halogens is 2. The van der Waals surface area contributed by atoms with Crippen molar-refractivity contribution >= 4 is 34.3 Å². The van der Waals surface area contributed by atoms with Gasteiger partial charge in [-0.15, -0.1) is 12.4 Å². The van der Waals surface area contributed by atoms with E-state index in [0.717, 1.165) is 21.3 Å². The number of ether oxygens (including phenoxy) is 2. The smallest absolute Gasteiger partial charge is 0.323 e. The van der Waals surface area contributed by atoms with Gasteiger partial charge in [0, 0.05) is 13.0 Å². The molecule has 6 heteroatoms. The summed E-state index contributed by atoms with van der Waals surface area (Å²) in [7, 11) is 1.40.